The van der Waals surface area contributed by atoms with Crippen LogP contribution in [-0.2, 0) is 0 Å². The predicted octanol–water partition coefficient (Wildman–Crippen LogP) is 4.00. The number of hydrogen-bond acceptors (Lipinski definition) is 2. The zero-order valence-electron chi connectivity index (χ0n) is 9.86. The minimum absolute atomic E-state index is 0.179. The van der Waals surface area contributed by atoms with E-state index >= 15 is 0 Å². The third kappa shape index (κ3) is 2.96. The SMILES string of the molecule is COc1ccc(C(N)c2cc(Cl)ccc2I)cc1. The summed E-state index contributed by atoms with van der Waals surface area (Å²) >= 11 is 8.29. The Morgan fingerprint density at radius 2 is 1.83 bits per heavy atom. The highest BCUT2D eigenvalue weighted by atomic mass is 127. The molecule has 2 aromatic rings. The molecule has 2 N–H and O–H groups in total. The first-order valence-corrected chi connectivity index (χ1v) is 6.92. The van der Waals surface area contributed by atoms with E-state index in [-0.39, 0.29) is 6.04 Å². The molecule has 0 saturated heterocycles. The largest absolute Gasteiger partial charge is 0.497 e. The number of rotatable bonds is 3. The van der Waals surface area contributed by atoms with Gasteiger partial charge in [0.2, 0.25) is 0 Å². The molecule has 0 radical (unpaired) electrons. The van der Waals surface area contributed by atoms with Crippen LogP contribution in [0.4, 0.5) is 0 Å². The van der Waals surface area contributed by atoms with E-state index in [4.69, 9.17) is 22.1 Å². The van der Waals surface area contributed by atoms with E-state index in [1.807, 2.05) is 42.5 Å². The zero-order chi connectivity index (χ0) is 13.1. The number of ether oxygens (including phenoxy) is 1. The molecule has 0 spiro atoms. The van der Waals surface area contributed by atoms with Gasteiger partial charge in [0.1, 0.15) is 5.75 Å². The maximum atomic E-state index is 6.27. The Labute approximate surface area is 125 Å². The molecule has 1 unspecified atom stereocenters. The van der Waals surface area contributed by atoms with Gasteiger partial charge >= 0.3 is 0 Å². The van der Waals surface area contributed by atoms with Crippen LogP contribution in [0.25, 0.3) is 0 Å². The summed E-state index contributed by atoms with van der Waals surface area (Å²) < 4.78 is 6.25. The fraction of sp³-hybridized carbons (Fsp3) is 0.143. The molecule has 0 saturated carbocycles. The number of methoxy groups -OCH3 is 1. The average Bonchev–Trinajstić information content (AvgIpc) is 2.41. The molecule has 2 rings (SSSR count). The molecule has 0 heterocycles. The summed E-state index contributed by atoms with van der Waals surface area (Å²) in [5.74, 6) is 0.826. The summed E-state index contributed by atoms with van der Waals surface area (Å²) in [6.45, 7) is 0. The lowest BCUT2D eigenvalue weighted by Gasteiger charge is -2.15. The fourth-order valence-electron chi connectivity index (χ4n) is 1.74. The van der Waals surface area contributed by atoms with Gasteiger partial charge in [-0.1, -0.05) is 23.7 Å². The smallest absolute Gasteiger partial charge is 0.118 e. The van der Waals surface area contributed by atoms with Gasteiger partial charge in [-0.05, 0) is 64.0 Å². The van der Waals surface area contributed by atoms with Crippen LogP contribution < -0.4 is 10.5 Å². The Kier molecular flexibility index (Phi) is 4.48. The van der Waals surface area contributed by atoms with Crippen LogP contribution in [0.15, 0.2) is 42.5 Å². The summed E-state index contributed by atoms with van der Waals surface area (Å²) in [5.41, 5.74) is 8.35. The maximum absolute atomic E-state index is 6.27. The number of benzene rings is 2. The summed E-state index contributed by atoms with van der Waals surface area (Å²) in [6.07, 6.45) is 0. The lowest BCUT2D eigenvalue weighted by molar-refractivity contribution is 0.414. The molecule has 0 aliphatic heterocycles. The first-order valence-electron chi connectivity index (χ1n) is 5.46. The third-order valence-electron chi connectivity index (χ3n) is 2.77. The van der Waals surface area contributed by atoms with Gasteiger partial charge in [0, 0.05) is 8.59 Å². The summed E-state index contributed by atoms with van der Waals surface area (Å²) in [7, 11) is 1.65. The monoisotopic (exact) mass is 373 g/mol. The van der Waals surface area contributed by atoms with Crippen molar-refractivity contribution in [1.29, 1.82) is 0 Å². The normalized spacial score (nSPS) is 12.2. The first kappa shape index (κ1) is 13.6. The molecule has 4 heteroatoms. The number of halogens is 2. The van der Waals surface area contributed by atoms with Crippen LogP contribution in [0.5, 0.6) is 5.75 Å². The van der Waals surface area contributed by atoms with Crippen molar-refractivity contribution in [2.45, 2.75) is 6.04 Å². The van der Waals surface area contributed by atoms with E-state index in [9.17, 15) is 0 Å². The van der Waals surface area contributed by atoms with Gasteiger partial charge in [-0.15, -0.1) is 0 Å². The second-order valence-corrected chi connectivity index (χ2v) is 5.52. The van der Waals surface area contributed by atoms with Crippen LogP contribution >= 0.6 is 34.2 Å². The maximum Gasteiger partial charge on any atom is 0.118 e. The van der Waals surface area contributed by atoms with E-state index in [0.29, 0.717) is 5.02 Å². The van der Waals surface area contributed by atoms with Crippen LogP contribution in [0.2, 0.25) is 5.02 Å². The van der Waals surface area contributed by atoms with Crippen molar-refractivity contribution in [3.8, 4) is 5.75 Å². The van der Waals surface area contributed by atoms with Gasteiger partial charge < -0.3 is 10.5 Å². The molecule has 18 heavy (non-hydrogen) atoms. The molecule has 2 nitrogen and oxygen atoms in total. The van der Waals surface area contributed by atoms with Gasteiger partial charge in [-0.3, -0.25) is 0 Å². The second kappa shape index (κ2) is 5.91. The molecule has 2 aromatic carbocycles. The number of hydrogen-bond donors (Lipinski definition) is 1. The highest BCUT2D eigenvalue weighted by molar-refractivity contribution is 14.1. The molecule has 0 fully saturated rings. The lowest BCUT2D eigenvalue weighted by atomic mass is 10.00. The molecule has 0 bridgehead atoms. The van der Waals surface area contributed by atoms with Crippen molar-refractivity contribution < 1.29 is 4.74 Å². The predicted molar refractivity (Wildman–Crippen MR) is 83.2 cm³/mol. The second-order valence-electron chi connectivity index (χ2n) is 3.92. The van der Waals surface area contributed by atoms with Crippen LogP contribution in [0, 0.1) is 3.57 Å². The quantitative estimate of drug-likeness (QED) is 0.825. The van der Waals surface area contributed by atoms with Gasteiger partial charge in [0.15, 0.2) is 0 Å². The van der Waals surface area contributed by atoms with Crippen molar-refractivity contribution in [2.75, 3.05) is 7.11 Å². The molecular weight excluding hydrogens is 361 g/mol. The summed E-state index contributed by atoms with van der Waals surface area (Å²) in [5, 5.41) is 0.703. The van der Waals surface area contributed by atoms with Gasteiger partial charge in [-0.2, -0.15) is 0 Å². The van der Waals surface area contributed by atoms with Crippen molar-refractivity contribution in [3.05, 3.63) is 62.2 Å². The Morgan fingerprint density at radius 1 is 1.17 bits per heavy atom. The zero-order valence-corrected chi connectivity index (χ0v) is 12.8. The van der Waals surface area contributed by atoms with Crippen molar-refractivity contribution in [3.63, 3.8) is 0 Å². The Balaban J connectivity index is 2.34. The van der Waals surface area contributed by atoms with Crippen molar-refractivity contribution in [1.82, 2.24) is 0 Å². The highest BCUT2D eigenvalue weighted by Crippen LogP contribution is 2.27. The Bertz CT molecular complexity index is 542. The van der Waals surface area contributed by atoms with Gasteiger partial charge in [0.25, 0.3) is 0 Å². The van der Waals surface area contributed by atoms with Crippen molar-refractivity contribution in [2.24, 2.45) is 5.73 Å². The van der Waals surface area contributed by atoms with E-state index in [1.165, 1.54) is 0 Å². The molecule has 1 atom stereocenters. The highest BCUT2D eigenvalue weighted by Gasteiger charge is 2.12. The minimum atomic E-state index is -0.179. The van der Waals surface area contributed by atoms with E-state index in [2.05, 4.69) is 22.6 Å². The summed E-state index contributed by atoms with van der Waals surface area (Å²) in [6, 6.07) is 13.3. The molecule has 0 aliphatic rings. The van der Waals surface area contributed by atoms with Crippen molar-refractivity contribution >= 4 is 34.2 Å². The van der Waals surface area contributed by atoms with Crippen LogP contribution in [0.1, 0.15) is 17.2 Å². The molecular formula is C14H13ClINO. The third-order valence-corrected chi connectivity index (χ3v) is 3.99. The molecule has 94 valence electrons. The number of nitrogens with two attached hydrogens (primary N) is 1. The van der Waals surface area contributed by atoms with E-state index in [0.717, 1.165) is 20.4 Å². The summed E-state index contributed by atoms with van der Waals surface area (Å²) in [4.78, 5) is 0. The van der Waals surface area contributed by atoms with Gasteiger partial charge in [-0.25, -0.2) is 0 Å². The Hall–Kier alpha value is -0.780. The molecule has 0 amide bonds. The average molecular weight is 374 g/mol. The van der Waals surface area contributed by atoms with Gasteiger partial charge in [0.05, 0.1) is 13.2 Å². The van der Waals surface area contributed by atoms with Crippen LogP contribution in [-0.4, -0.2) is 7.11 Å². The Morgan fingerprint density at radius 3 is 2.44 bits per heavy atom. The standard InChI is InChI=1S/C14H13ClINO/c1-18-11-5-2-9(3-6-11)14(17)12-8-10(15)4-7-13(12)16/h2-8,14H,17H2,1H3. The molecule has 0 aromatic heterocycles. The van der Waals surface area contributed by atoms with Crippen LogP contribution in [0.3, 0.4) is 0 Å². The van der Waals surface area contributed by atoms with E-state index in [1.54, 1.807) is 7.11 Å². The fourth-order valence-corrected chi connectivity index (χ4v) is 2.60. The lowest BCUT2D eigenvalue weighted by Crippen LogP contribution is -2.13. The topological polar surface area (TPSA) is 35.2 Å². The first-order chi connectivity index (χ1) is 8.61. The molecule has 0 aliphatic carbocycles. The minimum Gasteiger partial charge on any atom is -0.497 e. The van der Waals surface area contributed by atoms with E-state index < -0.39 is 0 Å².